The summed E-state index contributed by atoms with van der Waals surface area (Å²) in [6.07, 6.45) is 0. The molecule has 10 heteroatoms. The molecular formula is C25H24N6O3S. The van der Waals surface area contributed by atoms with E-state index in [9.17, 15) is 13.2 Å². The first-order valence-electron chi connectivity index (χ1n) is 10.6. The van der Waals surface area contributed by atoms with Gasteiger partial charge in [-0.1, -0.05) is 48.5 Å². The summed E-state index contributed by atoms with van der Waals surface area (Å²) < 4.78 is 25.4. The number of carbonyl (C=O) groups excluding carboxylic acids is 1. The molecule has 0 radical (unpaired) electrons. The van der Waals surface area contributed by atoms with Crippen LogP contribution in [0.4, 0.5) is 5.69 Å². The number of benzene rings is 3. The van der Waals surface area contributed by atoms with Crippen LogP contribution >= 0.6 is 0 Å². The number of nitrogens with zero attached hydrogens (tertiary/aromatic N) is 2. The Morgan fingerprint density at radius 1 is 1.03 bits per heavy atom. The van der Waals surface area contributed by atoms with Crippen LogP contribution in [0.15, 0.2) is 83.8 Å². The van der Waals surface area contributed by atoms with E-state index in [1.54, 1.807) is 78.3 Å². The van der Waals surface area contributed by atoms with Gasteiger partial charge in [-0.15, -0.1) is 0 Å². The summed E-state index contributed by atoms with van der Waals surface area (Å²) >= 11 is 0. The van der Waals surface area contributed by atoms with Gasteiger partial charge in [0.25, 0.3) is 5.91 Å². The fraction of sp³-hybridized carbons (Fsp3) is 0.0800. The number of sulfonamides is 1. The monoisotopic (exact) mass is 488 g/mol. The van der Waals surface area contributed by atoms with E-state index >= 15 is 0 Å². The van der Waals surface area contributed by atoms with E-state index in [0.29, 0.717) is 40.3 Å². The Labute approximate surface area is 203 Å². The van der Waals surface area contributed by atoms with Gasteiger partial charge < -0.3 is 11.1 Å². The summed E-state index contributed by atoms with van der Waals surface area (Å²) in [7, 11) is -3.88. The van der Waals surface area contributed by atoms with Crippen molar-refractivity contribution in [2.75, 3.05) is 5.32 Å². The van der Waals surface area contributed by atoms with Gasteiger partial charge >= 0.3 is 0 Å². The first-order valence-corrected chi connectivity index (χ1v) is 12.2. The van der Waals surface area contributed by atoms with Crippen molar-refractivity contribution >= 4 is 27.5 Å². The van der Waals surface area contributed by atoms with Crippen molar-refractivity contribution in [1.82, 2.24) is 9.78 Å². The molecule has 1 amide bonds. The molecule has 0 unspecified atom stereocenters. The van der Waals surface area contributed by atoms with E-state index in [2.05, 4.69) is 10.4 Å². The lowest BCUT2D eigenvalue weighted by molar-refractivity contribution is 0.101. The number of hydrogen-bond acceptors (Lipinski definition) is 5. The average molecular weight is 489 g/mol. The lowest BCUT2D eigenvalue weighted by Crippen LogP contribution is -2.18. The summed E-state index contributed by atoms with van der Waals surface area (Å²) in [5.74, 6) is -0.373. The third-order valence-corrected chi connectivity index (χ3v) is 6.32. The van der Waals surface area contributed by atoms with Crippen molar-refractivity contribution in [2.24, 2.45) is 10.9 Å². The Morgan fingerprint density at radius 2 is 1.74 bits per heavy atom. The van der Waals surface area contributed by atoms with Gasteiger partial charge in [-0.25, -0.2) is 13.6 Å². The zero-order valence-corrected chi connectivity index (χ0v) is 19.7. The van der Waals surface area contributed by atoms with Crippen LogP contribution in [0, 0.1) is 12.3 Å². The smallest absolute Gasteiger partial charge is 0.273 e. The van der Waals surface area contributed by atoms with Gasteiger partial charge in [-0.2, -0.15) is 5.10 Å². The maximum absolute atomic E-state index is 13.0. The van der Waals surface area contributed by atoms with Crippen LogP contribution in [0.5, 0.6) is 0 Å². The third kappa shape index (κ3) is 5.45. The number of anilines is 1. The molecule has 1 aromatic heterocycles. The van der Waals surface area contributed by atoms with Gasteiger partial charge in [0.1, 0.15) is 11.5 Å². The molecule has 178 valence electrons. The van der Waals surface area contributed by atoms with Crippen molar-refractivity contribution in [3.8, 4) is 11.1 Å². The Bertz CT molecular complexity index is 1530. The molecule has 0 aliphatic carbocycles. The molecule has 0 bridgehead atoms. The number of rotatable bonds is 7. The maximum atomic E-state index is 13.0. The number of nitrogen functional groups attached to an aromatic ring is 1. The van der Waals surface area contributed by atoms with E-state index < -0.39 is 10.0 Å². The number of aromatic nitrogens is 2. The van der Waals surface area contributed by atoms with Crippen LogP contribution in [-0.4, -0.2) is 29.9 Å². The van der Waals surface area contributed by atoms with Crippen LogP contribution in [0.3, 0.4) is 0 Å². The molecule has 1 heterocycles. The van der Waals surface area contributed by atoms with E-state index in [1.165, 1.54) is 6.07 Å². The molecule has 6 N–H and O–H groups in total. The van der Waals surface area contributed by atoms with Gasteiger partial charge in [0.2, 0.25) is 10.0 Å². The number of nitrogens with one attached hydrogen (secondary N) is 2. The highest BCUT2D eigenvalue weighted by atomic mass is 32.2. The quantitative estimate of drug-likeness (QED) is 0.232. The Balaban J connectivity index is 1.55. The molecule has 4 aromatic rings. The SMILES string of the molecule is Cc1cc(C(=O)Nc2ccc(-c3ccccc3S(N)(=O)=O)cc2)n(Cc2cccc(C(=N)N)c2)n1. The second-order valence-corrected chi connectivity index (χ2v) is 9.55. The molecule has 3 aromatic carbocycles. The minimum Gasteiger partial charge on any atom is -0.384 e. The topological polar surface area (TPSA) is 157 Å². The van der Waals surface area contributed by atoms with Crippen molar-refractivity contribution in [3.63, 3.8) is 0 Å². The molecule has 0 fully saturated rings. The molecule has 0 spiro atoms. The highest BCUT2D eigenvalue weighted by molar-refractivity contribution is 7.89. The maximum Gasteiger partial charge on any atom is 0.273 e. The molecule has 0 aliphatic heterocycles. The number of carbonyl (C=O) groups is 1. The highest BCUT2D eigenvalue weighted by Gasteiger charge is 2.17. The zero-order valence-electron chi connectivity index (χ0n) is 18.9. The van der Waals surface area contributed by atoms with Crippen molar-refractivity contribution in [3.05, 3.63) is 101 Å². The number of primary sulfonamides is 1. The van der Waals surface area contributed by atoms with Gasteiger partial charge in [-0.05, 0) is 48.4 Å². The van der Waals surface area contributed by atoms with Crippen LogP contribution in [0.25, 0.3) is 11.1 Å². The molecular weight excluding hydrogens is 464 g/mol. The van der Waals surface area contributed by atoms with Gasteiger partial charge in [0, 0.05) is 16.8 Å². The lowest BCUT2D eigenvalue weighted by Gasteiger charge is -2.11. The van der Waals surface area contributed by atoms with E-state index in [-0.39, 0.29) is 16.6 Å². The second-order valence-electron chi connectivity index (χ2n) is 8.02. The number of hydrogen-bond donors (Lipinski definition) is 4. The van der Waals surface area contributed by atoms with Crippen molar-refractivity contribution in [2.45, 2.75) is 18.4 Å². The van der Waals surface area contributed by atoms with Crippen LogP contribution in [0.1, 0.15) is 27.3 Å². The number of aryl methyl sites for hydroxylation is 1. The van der Waals surface area contributed by atoms with E-state index in [1.807, 2.05) is 6.07 Å². The third-order valence-electron chi connectivity index (χ3n) is 5.35. The summed E-state index contributed by atoms with van der Waals surface area (Å²) in [5, 5.41) is 20.2. The van der Waals surface area contributed by atoms with Crippen LogP contribution < -0.4 is 16.2 Å². The molecule has 0 saturated heterocycles. The zero-order chi connectivity index (χ0) is 25.2. The largest absolute Gasteiger partial charge is 0.384 e. The Kier molecular flexibility index (Phi) is 6.50. The normalized spacial score (nSPS) is 11.3. The van der Waals surface area contributed by atoms with Crippen LogP contribution in [0.2, 0.25) is 0 Å². The second kappa shape index (κ2) is 9.53. The molecule has 0 atom stereocenters. The average Bonchev–Trinajstić information content (AvgIpc) is 3.19. The first-order chi connectivity index (χ1) is 16.6. The van der Waals surface area contributed by atoms with Crippen LogP contribution in [-0.2, 0) is 16.6 Å². The predicted octanol–water partition coefficient (Wildman–Crippen LogP) is 3.09. The summed E-state index contributed by atoms with van der Waals surface area (Å²) in [4.78, 5) is 13.1. The number of amides is 1. The predicted molar refractivity (Wildman–Crippen MR) is 135 cm³/mol. The minimum atomic E-state index is -3.88. The molecule has 0 aliphatic rings. The summed E-state index contributed by atoms with van der Waals surface area (Å²) in [6.45, 7) is 2.14. The fourth-order valence-electron chi connectivity index (χ4n) is 3.74. The lowest BCUT2D eigenvalue weighted by atomic mass is 10.1. The van der Waals surface area contributed by atoms with Gasteiger partial charge in [-0.3, -0.25) is 14.9 Å². The molecule has 4 rings (SSSR count). The van der Waals surface area contributed by atoms with Crippen molar-refractivity contribution in [1.29, 1.82) is 5.41 Å². The van der Waals surface area contributed by atoms with Crippen molar-refractivity contribution < 1.29 is 13.2 Å². The number of amidine groups is 1. The summed E-state index contributed by atoms with van der Waals surface area (Å²) in [5.41, 5.74) is 9.77. The number of nitrogens with two attached hydrogens (primary N) is 2. The Morgan fingerprint density at radius 3 is 2.43 bits per heavy atom. The molecule has 9 nitrogen and oxygen atoms in total. The minimum absolute atomic E-state index is 0.0309. The van der Waals surface area contributed by atoms with E-state index in [0.717, 1.165) is 5.56 Å². The van der Waals surface area contributed by atoms with Gasteiger partial charge in [0.15, 0.2) is 0 Å². The standard InChI is InChI=1S/C25H24N6O3S/c1-16-13-22(31(30-16)15-17-5-4-6-19(14-17)24(26)27)25(32)29-20-11-9-18(10-12-20)21-7-2-3-8-23(21)35(28,33)34/h2-14H,15H2,1H3,(H3,26,27)(H,29,32)(H2,28,33,34). The molecule has 0 saturated carbocycles. The van der Waals surface area contributed by atoms with Gasteiger partial charge in [0.05, 0.1) is 17.1 Å². The fourth-order valence-corrected chi connectivity index (χ4v) is 4.50. The molecule has 35 heavy (non-hydrogen) atoms. The Hall–Kier alpha value is -4.28. The first kappa shape index (κ1) is 23.9. The highest BCUT2D eigenvalue weighted by Crippen LogP contribution is 2.27. The van der Waals surface area contributed by atoms with E-state index in [4.69, 9.17) is 16.3 Å². The summed E-state index contributed by atoms with van der Waals surface area (Å²) in [6, 6.07) is 22.2.